The molecule has 0 aliphatic carbocycles. The third-order valence-corrected chi connectivity index (χ3v) is 3.53. The Morgan fingerprint density at radius 2 is 2.05 bits per heavy atom. The number of nitrogens with zero attached hydrogens (tertiary/aromatic N) is 1. The first kappa shape index (κ1) is 14.2. The molecule has 1 amide bonds. The van der Waals surface area contributed by atoms with E-state index >= 15 is 0 Å². The predicted molar refractivity (Wildman–Crippen MR) is 70.3 cm³/mol. The van der Waals surface area contributed by atoms with Crippen LogP contribution in [-0.4, -0.2) is 39.3 Å². The molecule has 1 unspecified atom stereocenters. The quantitative estimate of drug-likeness (QED) is 0.860. The third kappa shape index (κ3) is 3.01. The maximum atomic E-state index is 11.8. The lowest BCUT2D eigenvalue weighted by molar-refractivity contribution is -0.137. The number of phenols is 1. The SMILES string of the molecule is CC1(CCC(=O)O)COC(=O)N1Cc1ccc(O)cc1. The van der Waals surface area contributed by atoms with Crippen molar-refractivity contribution in [2.75, 3.05) is 6.61 Å². The first-order valence-corrected chi connectivity index (χ1v) is 6.35. The minimum atomic E-state index is -0.893. The molecule has 1 fully saturated rings. The van der Waals surface area contributed by atoms with E-state index < -0.39 is 17.6 Å². The monoisotopic (exact) mass is 279 g/mol. The van der Waals surface area contributed by atoms with E-state index in [4.69, 9.17) is 9.84 Å². The van der Waals surface area contributed by atoms with Crippen LogP contribution in [0.3, 0.4) is 0 Å². The number of benzene rings is 1. The summed E-state index contributed by atoms with van der Waals surface area (Å²) in [7, 11) is 0. The van der Waals surface area contributed by atoms with Crippen molar-refractivity contribution in [3.05, 3.63) is 29.8 Å². The van der Waals surface area contributed by atoms with Gasteiger partial charge in [0.1, 0.15) is 12.4 Å². The highest BCUT2D eigenvalue weighted by Gasteiger charge is 2.43. The molecule has 6 heteroatoms. The van der Waals surface area contributed by atoms with E-state index in [2.05, 4.69) is 0 Å². The molecule has 0 radical (unpaired) electrons. The number of aromatic hydroxyl groups is 1. The van der Waals surface area contributed by atoms with Gasteiger partial charge in [-0.2, -0.15) is 0 Å². The Hall–Kier alpha value is -2.24. The Balaban J connectivity index is 2.11. The number of ether oxygens (including phenoxy) is 1. The Morgan fingerprint density at radius 1 is 1.40 bits per heavy atom. The zero-order valence-corrected chi connectivity index (χ0v) is 11.2. The zero-order valence-electron chi connectivity index (χ0n) is 11.2. The molecule has 1 aromatic carbocycles. The van der Waals surface area contributed by atoms with E-state index in [0.717, 1.165) is 5.56 Å². The van der Waals surface area contributed by atoms with Crippen molar-refractivity contribution in [1.29, 1.82) is 0 Å². The summed E-state index contributed by atoms with van der Waals surface area (Å²) >= 11 is 0. The Morgan fingerprint density at radius 3 is 2.65 bits per heavy atom. The lowest BCUT2D eigenvalue weighted by Gasteiger charge is -2.31. The van der Waals surface area contributed by atoms with E-state index in [0.29, 0.717) is 13.0 Å². The maximum absolute atomic E-state index is 11.8. The van der Waals surface area contributed by atoms with Gasteiger partial charge in [0.05, 0.1) is 5.54 Å². The average molecular weight is 279 g/mol. The minimum absolute atomic E-state index is 0.0147. The largest absolute Gasteiger partial charge is 0.508 e. The number of rotatable bonds is 5. The van der Waals surface area contributed by atoms with Crippen molar-refractivity contribution in [2.45, 2.75) is 31.8 Å². The topological polar surface area (TPSA) is 87.1 Å². The molecule has 1 saturated heterocycles. The lowest BCUT2D eigenvalue weighted by Crippen LogP contribution is -2.44. The van der Waals surface area contributed by atoms with Crippen LogP contribution in [0.2, 0.25) is 0 Å². The van der Waals surface area contributed by atoms with E-state index in [-0.39, 0.29) is 18.8 Å². The Labute approximate surface area is 116 Å². The predicted octanol–water partition coefficient (Wildman–Crippen LogP) is 1.97. The number of cyclic esters (lactones) is 1. The molecule has 2 rings (SSSR count). The van der Waals surface area contributed by atoms with Crippen molar-refractivity contribution >= 4 is 12.1 Å². The molecular weight excluding hydrogens is 262 g/mol. The number of carbonyl (C=O) groups is 2. The van der Waals surface area contributed by atoms with Gasteiger partial charge in [-0.25, -0.2) is 4.79 Å². The van der Waals surface area contributed by atoms with Crippen molar-refractivity contribution in [2.24, 2.45) is 0 Å². The molecule has 6 nitrogen and oxygen atoms in total. The van der Waals surface area contributed by atoms with Crippen LogP contribution in [0.25, 0.3) is 0 Å². The molecule has 0 spiro atoms. The molecule has 108 valence electrons. The van der Waals surface area contributed by atoms with Gasteiger partial charge < -0.3 is 14.9 Å². The van der Waals surface area contributed by atoms with Crippen LogP contribution in [0.1, 0.15) is 25.3 Å². The van der Waals surface area contributed by atoms with Crippen LogP contribution < -0.4 is 0 Å². The Kier molecular flexibility index (Phi) is 3.83. The number of carbonyl (C=O) groups excluding carboxylic acids is 1. The molecule has 2 N–H and O–H groups in total. The number of aliphatic carboxylic acids is 1. The smallest absolute Gasteiger partial charge is 0.410 e. The summed E-state index contributed by atoms with van der Waals surface area (Å²) in [6, 6.07) is 6.54. The van der Waals surface area contributed by atoms with E-state index in [1.54, 1.807) is 29.2 Å². The summed E-state index contributed by atoms with van der Waals surface area (Å²) in [5.74, 6) is -0.735. The molecule has 0 bridgehead atoms. The van der Waals surface area contributed by atoms with Gasteiger partial charge in [-0.15, -0.1) is 0 Å². The van der Waals surface area contributed by atoms with Gasteiger partial charge in [0, 0.05) is 13.0 Å². The van der Waals surface area contributed by atoms with Crippen LogP contribution in [0.5, 0.6) is 5.75 Å². The molecule has 0 saturated carbocycles. The van der Waals surface area contributed by atoms with Crippen LogP contribution in [-0.2, 0) is 16.1 Å². The van der Waals surface area contributed by atoms with Crippen molar-refractivity contribution in [3.63, 3.8) is 0 Å². The van der Waals surface area contributed by atoms with Crippen LogP contribution >= 0.6 is 0 Å². The second kappa shape index (κ2) is 5.40. The number of carboxylic acids is 1. The molecule has 0 aromatic heterocycles. The zero-order chi connectivity index (χ0) is 14.8. The second-order valence-corrected chi connectivity index (χ2v) is 5.20. The molecule has 1 aliphatic heterocycles. The fraction of sp³-hybridized carbons (Fsp3) is 0.429. The van der Waals surface area contributed by atoms with Gasteiger partial charge in [-0.3, -0.25) is 9.69 Å². The number of phenolic OH excluding ortho intramolecular Hbond substituents is 1. The summed E-state index contributed by atoms with van der Waals surface area (Å²) in [5.41, 5.74) is 0.232. The molecule has 1 aromatic rings. The fourth-order valence-electron chi connectivity index (χ4n) is 2.22. The van der Waals surface area contributed by atoms with Crippen molar-refractivity contribution < 1.29 is 24.5 Å². The first-order valence-electron chi connectivity index (χ1n) is 6.35. The average Bonchev–Trinajstić information content (AvgIpc) is 2.68. The van der Waals surface area contributed by atoms with Crippen molar-refractivity contribution in [1.82, 2.24) is 4.90 Å². The number of amides is 1. The Bertz CT molecular complexity index is 513. The standard InChI is InChI=1S/C14H17NO5/c1-14(7-6-12(17)18)9-20-13(19)15(14)8-10-2-4-11(16)5-3-10/h2-5,16H,6-9H2,1H3,(H,17,18). The summed E-state index contributed by atoms with van der Waals surface area (Å²) in [6.07, 6.45) is -0.114. The summed E-state index contributed by atoms with van der Waals surface area (Å²) in [6.45, 7) is 2.34. The molecule has 20 heavy (non-hydrogen) atoms. The summed E-state index contributed by atoms with van der Waals surface area (Å²) in [5, 5.41) is 18.0. The maximum Gasteiger partial charge on any atom is 0.410 e. The molecule has 1 aliphatic rings. The first-order chi connectivity index (χ1) is 9.40. The minimum Gasteiger partial charge on any atom is -0.508 e. The van der Waals surface area contributed by atoms with Gasteiger partial charge in [0.15, 0.2) is 0 Å². The number of hydrogen-bond acceptors (Lipinski definition) is 4. The molecule has 1 atom stereocenters. The van der Waals surface area contributed by atoms with Gasteiger partial charge in [-0.05, 0) is 31.0 Å². The van der Waals surface area contributed by atoms with E-state index in [1.165, 1.54) is 0 Å². The molecular formula is C14H17NO5. The highest BCUT2D eigenvalue weighted by molar-refractivity contribution is 5.72. The molecule has 1 heterocycles. The van der Waals surface area contributed by atoms with Crippen LogP contribution in [0.4, 0.5) is 4.79 Å². The van der Waals surface area contributed by atoms with Gasteiger partial charge in [0.25, 0.3) is 0 Å². The number of hydrogen-bond donors (Lipinski definition) is 2. The van der Waals surface area contributed by atoms with Gasteiger partial charge in [0.2, 0.25) is 0 Å². The van der Waals surface area contributed by atoms with Crippen molar-refractivity contribution in [3.8, 4) is 5.75 Å². The highest BCUT2D eigenvalue weighted by atomic mass is 16.6. The van der Waals surface area contributed by atoms with Gasteiger partial charge >= 0.3 is 12.1 Å². The van der Waals surface area contributed by atoms with E-state index in [1.807, 2.05) is 6.92 Å². The fourth-order valence-corrected chi connectivity index (χ4v) is 2.22. The summed E-state index contributed by atoms with van der Waals surface area (Å²) in [4.78, 5) is 24.1. The van der Waals surface area contributed by atoms with E-state index in [9.17, 15) is 14.7 Å². The highest BCUT2D eigenvalue weighted by Crippen LogP contribution is 2.30. The number of carboxylic acid groups (broad SMARTS) is 1. The normalized spacial score (nSPS) is 21.9. The third-order valence-electron chi connectivity index (χ3n) is 3.53. The second-order valence-electron chi connectivity index (χ2n) is 5.20. The summed E-state index contributed by atoms with van der Waals surface area (Å²) < 4.78 is 5.05. The van der Waals surface area contributed by atoms with Crippen LogP contribution in [0, 0.1) is 0 Å². The van der Waals surface area contributed by atoms with Crippen LogP contribution in [0.15, 0.2) is 24.3 Å². The lowest BCUT2D eigenvalue weighted by atomic mass is 9.95. The van der Waals surface area contributed by atoms with Gasteiger partial charge in [-0.1, -0.05) is 12.1 Å².